The first kappa shape index (κ1) is 13.6. The molecule has 1 unspecified atom stereocenters. The molecule has 0 fully saturated rings. The molecule has 4 nitrogen and oxygen atoms in total. The number of benzene rings is 1. The summed E-state index contributed by atoms with van der Waals surface area (Å²) in [7, 11) is 0. The Morgan fingerprint density at radius 2 is 2.00 bits per heavy atom. The second kappa shape index (κ2) is 4.80. The fourth-order valence-corrected chi connectivity index (χ4v) is 1.33. The minimum Gasteiger partial charge on any atom is -0.479 e. The van der Waals surface area contributed by atoms with E-state index in [-0.39, 0.29) is 10.6 Å². The Bertz CT molecular complexity index is 433. The van der Waals surface area contributed by atoms with Gasteiger partial charge in [-0.1, -0.05) is 17.7 Å². The van der Waals surface area contributed by atoms with Crippen molar-refractivity contribution in [1.82, 2.24) is 0 Å². The summed E-state index contributed by atoms with van der Waals surface area (Å²) in [4.78, 5) is 10.4. The van der Waals surface area contributed by atoms with E-state index in [1.54, 1.807) is 0 Å². The number of rotatable bonds is 3. The first-order valence-electron chi connectivity index (χ1n) is 4.17. The van der Waals surface area contributed by atoms with Gasteiger partial charge in [0.2, 0.25) is 0 Å². The topological polar surface area (TPSA) is 66.8 Å². The van der Waals surface area contributed by atoms with Crippen LogP contribution in [0.15, 0.2) is 18.2 Å². The lowest BCUT2D eigenvalue weighted by atomic mass is 10.1. The molecule has 0 saturated heterocycles. The van der Waals surface area contributed by atoms with Crippen LogP contribution in [0.5, 0.6) is 5.75 Å². The number of carboxylic acids is 1. The van der Waals surface area contributed by atoms with Gasteiger partial charge in [-0.2, -0.15) is 0 Å². The predicted octanol–water partition coefficient (Wildman–Crippen LogP) is 2.36. The SMILES string of the molecule is O=C(O)C(O)c1ccc(OC(F)(F)F)cc1Cl. The summed E-state index contributed by atoms with van der Waals surface area (Å²) in [5.41, 5.74) is -0.214. The minimum absolute atomic E-state index is 0.214. The lowest BCUT2D eigenvalue weighted by Gasteiger charge is -2.12. The third kappa shape index (κ3) is 3.79. The summed E-state index contributed by atoms with van der Waals surface area (Å²) >= 11 is 5.53. The van der Waals surface area contributed by atoms with Gasteiger partial charge < -0.3 is 14.9 Å². The molecule has 0 aromatic heterocycles. The number of carboxylic acid groups (broad SMARTS) is 1. The van der Waals surface area contributed by atoms with Crippen molar-refractivity contribution in [3.63, 3.8) is 0 Å². The number of halogens is 4. The Labute approximate surface area is 98.2 Å². The lowest BCUT2D eigenvalue weighted by molar-refractivity contribution is -0.274. The maximum atomic E-state index is 11.9. The van der Waals surface area contributed by atoms with E-state index in [0.717, 1.165) is 18.2 Å². The van der Waals surface area contributed by atoms with Crippen molar-refractivity contribution in [2.75, 3.05) is 0 Å². The highest BCUT2D eigenvalue weighted by Gasteiger charge is 2.31. The molecule has 8 heteroatoms. The van der Waals surface area contributed by atoms with Crippen LogP contribution < -0.4 is 4.74 Å². The van der Waals surface area contributed by atoms with Crippen LogP contribution in [-0.2, 0) is 4.79 Å². The third-order valence-corrected chi connectivity index (χ3v) is 2.06. The fourth-order valence-electron chi connectivity index (χ4n) is 1.06. The number of ether oxygens (including phenoxy) is 1. The van der Waals surface area contributed by atoms with Crippen molar-refractivity contribution in [1.29, 1.82) is 0 Å². The predicted molar refractivity (Wildman–Crippen MR) is 50.7 cm³/mol. The molecule has 0 amide bonds. The van der Waals surface area contributed by atoms with Crippen LogP contribution in [0.2, 0.25) is 5.02 Å². The molecule has 0 aliphatic rings. The number of alkyl halides is 3. The molecule has 0 heterocycles. The normalized spacial score (nSPS) is 13.2. The first-order valence-corrected chi connectivity index (χ1v) is 4.54. The van der Waals surface area contributed by atoms with E-state index >= 15 is 0 Å². The Morgan fingerprint density at radius 1 is 1.41 bits per heavy atom. The van der Waals surface area contributed by atoms with E-state index in [1.165, 1.54) is 0 Å². The average Bonchev–Trinajstić information content (AvgIpc) is 2.14. The molecular weight excluding hydrogens is 265 g/mol. The van der Waals surface area contributed by atoms with Gasteiger partial charge in [0, 0.05) is 5.56 Å². The highest BCUT2D eigenvalue weighted by Crippen LogP contribution is 2.30. The van der Waals surface area contributed by atoms with Crippen molar-refractivity contribution in [2.24, 2.45) is 0 Å². The lowest BCUT2D eigenvalue weighted by Crippen LogP contribution is -2.17. The molecule has 17 heavy (non-hydrogen) atoms. The van der Waals surface area contributed by atoms with Gasteiger partial charge in [-0.3, -0.25) is 0 Å². The highest BCUT2D eigenvalue weighted by atomic mass is 35.5. The van der Waals surface area contributed by atoms with Gasteiger partial charge in [0.1, 0.15) is 5.75 Å². The van der Waals surface area contributed by atoms with Gasteiger partial charge in [-0.15, -0.1) is 13.2 Å². The molecule has 0 aliphatic heterocycles. The summed E-state index contributed by atoms with van der Waals surface area (Å²) in [5, 5.41) is 17.3. The van der Waals surface area contributed by atoms with E-state index in [1.807, 2.05) is 0 Å². The highest BCUT2D eigenvalue weighted by molar-refractivity contribution is 6.31. The minimum atomic E-state index is -4.86. The molecular formula is C9H6ClF3O4. The molecule has 0 bridgehead atoms. The Hall–Kier alpha value is -1.47. The Kier molecular flexibility index (Phi) is 3.84. The maximum absolute atomic E-state index is 11.9. The number of hydrogen-bond donors (Lipinski definition) is 2. The number of aliphatic hydroxyl groups is 1. The zero-order chi connectivity index (χ0) is 13.2. The van der Waals surface area contributed by atoms with Crippen LogP contribution in [0.25, 0.3) is 0 Å². The third-order valence-electron chi connectivity index (χ3n) is 1.73. The van der Waals surface area contributed by atoms with Gasteiger partial charge >= 0.3 is 12.3 Å². The molecule has 1 aromatic rings. The molecule has 1 aromatic carbocycles. The monoisotopic (exact) mass is 270 g/mol. The zero-order valence-electron chi connectivity index (χ0n) is 8.03. The second-order valence-corrected chi connectivity index (χ2v) is 3.38. The summed E-state index contributed by atoms with van der Waals surface area (Å²) in [5.74, 6) is -2.15. The van der Waals surface area contributed by atoms with Crippen molar-refractivity contribution >= 4 is 17.6 Å². The van der Waals surface area contributed by atoms with Crippen LogP contribution in [0.4, 0.5) is 13.2 Å². The van der Waals surface area contributed by atoms with Gasteiger partial charge in [0.05, 0.1) is 5.02 Å². The van der Waals surface area contributed by atoms with E-state index in [2.05, 4.69) is 4.74 Å². The fraction of sp³-hybridized carbons (Fsp3) is 0.222. The molecule has 1 rings (SSSR count). The summed E-state index contributed by atoms with van der Waals surface area (Å²) in [6.07, 6.45) is -6.77. The van der Waals surface area contributed by atoms with Crippen molar-refractivity contribution in [3.8, 4) is 5.75 Å². The van der Waals surface area contributed by atoms with Crippen LogP contribution in [0.3, 0.4) is 0 Å². The Balaban J connectivity index is 2.98. The average molecular weight is 271 g/mol. The van der Waals surface area contributed by atoms with Gasteiger partial charge in [-0.05, 0) is 12.1 Å². The smallest absolute Gasteiger partial charge is 0.479 e. The molecule has 0 aliphatic carbocycles. The molecule has 0 radical (unpaired) electrons. The zero-order valence-corrected chi connectivity index (χ0v) is 8.79. The van der Waals surface area contributed by atoms with Gasteiger partial charge in [0.15, 0.2) is 6.10 Å². The summed E-state index contributed by atoms with van der Waals surface area (Å²) in [6, 6.07) is 2.58. The largest absolute Gasteiger partial charge is 0.573 e. The summed E-state index contributed by atoms with van der Waals surface area (Å²) < 4.78 is 39.1. The molecule has 0 spiro atoms. The van der Waals surface area contributed by atoms with E-state index in [0.29, 0.717) is 0 Å². The van der Waals surface area contributed by atoms with Gasteiger partial charge in [-0.25, -0.2) is 4.79 Å². The van der Waals surface area contributed by atoms with Crippen molar-refractivity contribution < 1.29 is 32.9 Å². The van der Waals surface area contributed by atoms with Gasteiger partial charge in [0.25, 0.3) is 0 Å². The quantitative estimate of drug-likeness (QED) is 0.885. The Morgan fingerprint density at radius 3 is 2.41 bits per heavy atom. The molecule has 1 atom stereocenters. The van der Waals surface area contributed by atoms with E-state index in [4.69, 9.17) is 21.8 Å². The first-order chi connectivity index (χ1) is 7.70. The van der Waals surface area contributed by atoms with E-state index in [9.17, 15) is 18.0 Å². The number of carbonyl (C=O) groups is 1. The second-order valence-electron chi connectivity index (χ2n) is 2.97. The van der Waals surface area contributed by atoms with Crippen molar-refractivity contribution in [2.45, 2.75) is 12.5 Å². The standard InChI is InChI=1S/C9H6ClF3O4/c10-6-3-4(17-9(11,12)13)1-2-5(6)7(14)8(15)16/h1-3,7,14H,(H,15,16). The van der Waals surface area contributed by atoms with Crippen LogP contribution in [0, 0.1) is 0 Å². The number of aliphatic carboxylic acids is 1. The number of aliphatic hydroxyl groups excluding tert-OH is 1. The van der Waals surface area contributed by atoms with Crippen LogP contribution in [-0.4, -0.2) is 22.5 Å². The summed E-state index contributed by atoms with van der Waals surface area (Å²) in [6.45, 7) is 0. The van der Waals surface area contributed by atoms with E-state index < -0.39 is 24.2 Å². The number of hydrogen-bond acceptors (Lipinski definition) is 3. The van der Waals surface area contributed by atoms with Crippen LogP contribution in [0.1, 0.15) is 11.7 Å². The van der Waals surface area contributed by atoms with Crippen molar-refractivity contribution in [3.05, 3.63) is 28.8 Å². The van der Waals surface area contributed by atoms with Crippen LogP contribution >= 0.6 is 11.6 Å². The molecule has 0 saturated carbocycles. The molecule has 94 valence electrons. The maximum Gasteiger partial charge on any atom is 0.573 e. The molecule has 2 N–H and O–H groups in total.